The van der Waals surface area contributed by atoms with E-state index in [0.717, 1.165) is 30.9 Å². The smallest absolute Gasteiger partial charge is 0.226 e. The minimum Gasteiger partial charge on any atom is -0.481 e. The molecule has 0 spiro atoms. The first-order chi connectivity index (χ1) is 8.28. The van der Waals surface area contributed by atoms with Gasteiger partial charge in [0.2, 0.25) is 11.8 Å². The summed E-state index contributed by atoms with van der Waals surface area (Å²) in [6, 6.07) is 3.92. The third-order valence-electron chi connectivity index (χ3n) is 3.40. The Morgan fingerprint density at radius 3 is 3.24 bits per heavy atom. The van der Waals surface area contributed by atoms with Crippen molar-refractivity contribution in [2.45, 2.75) is 25.3 Å². The van der Waals surface area contributed by atoms with E-state index in [-0.39, 0.29) is 11.9 Å². The van der Waals surface area contributed by atoms with Crippen LogP contribution >= 0.6 is 0 Å². The van der Waals surface area contributed by atoms with Crippen LogP contribution in [0.15, 0.2) is 12.1 Å². The second-order valence-corrected chi connectivity index (χ2v) is 4.47. The molecule has 0 aromatic carbocycles. The van der Waals surface area contributed by atoms with E-state index in [1.165, 1.54) is 0 Å². The molecule has 5 heteroatoms. The SMILES string of the molecule is COc1ccc2c(n1)N1CCCC1CC(=O)N2. The normalized spacial score (nSPS) is 22.5. The first-order valence-corrected chi connectivity index (χ1v) is 5.89. The first kappa shape index (κ1) is 10.4. The predicted molar refractivity (Wildman–Crippen MR) is 64.4 cm³/mol. The molecule has 1 fully saturated rings. The van der Waals surface area contributed by atoms with Crippen molar-refractivity contribution >= 4 is 17.4 Å². The Morgan fingerprint density at radius 2 is 2.41 bits per heavy atom. The van der Waals surface area contributed by atoms with E-state index < -0.39 is 0 Å². The van der Waals surface area contributed by atoms with Gasteiger partial charge in [-0.05, 0) is 18.9 Å². The first-order valence-electron chi connectivity index (χ1n) is 5.89. The molecular weight excluding hydrogens is 218 g/mol. The van der Waals surface area contributed by atoms with Gasteiger partial charge >= 0.3 is 0 Å². The van der Waals surface area contributed by atoms with Crippen LogP contribution in [0.25, 0.3) is 0 Å². The van der Waals surface area contributed by atoms with Gasteiger partial charge in [0.1, 0.15) is 0 Å². The number of ether oxygens (including phenoxy) is 1. The summed E-state index contributed by atoms with van der Waals surface area (Å²) in [5, 5.41) is 2.90. The molecule has 1 amide bonds. The van der Waals surface area contributed by atoms with Gasteiger partial charge in [0.15, 0.2) is 5.82 Å². The fourth-order valence-electron chi connectivity index (χ4n) is 2.60. The topological polar surface area (TPSA) is 54.5 Å². The molecule has 3 rings (SSSR count). The molecule has 1 unspecified atom stereocenters. The quantitative estimate of drug-likeness (QED) is 0.796. The van der Waals surface area contributed by atoms with Crippen molar-refractivity contribution in [2.75, 3.05) is 23.9 Å². The molecule has 0 saturated carbocycles. The van der Waals surface area contributed by atoms with Crippen molar-refractivity contribution < 1.29 is 9.53 Å². The van der Waals surface area contributed by atoms with Crippen LogP contribution in [0.1, 0.15) is 19.3 Å². The van der Waals surface area contributed by atoms with Crippen molar-refractivity contribution in [1.29, 1.82) is 0 Å². The number of methoxy groups -OCH3 is 1. The minimum atomic E-state index is 0.0765. The molecule has 1 N–H and O–H groups in total. The summed E-state index contributed by atoms with van der Waals surface area (Å²) in [5.41, 5.74) is 0.792. The predicted octanol–water partition coefficient (Wildman–Crippen LogP) is 1.40. The number of carbonyl (C=O) groups excluding carboxylic acids is 1. The fourth-order valence-corrected chi connectivity index (χ4v) is 2.60. The average molecular weight is 233 g/mol. The van der Waals surface area contributed by atoms with Gasteiger partial charge in [0.05, 0.1) is 12.8 Å². The Labute approximate surface area is 99.8 Å². The highest BCUT2D eigenvalue weighted by Gasteiger charge is 2.32. The summed E-state index contributed by atoms with van der Waals surface area (Å²) in [4.78, 5) is 18.4. The molecule has 1 atom stereocenters. The van der Waals surface area contributed by atoms with Crippen molar-refractivity contribution in [1.82, 2.24) is 4.98 Å². The second-order valence-electron chi connectivity index (χ2n) is 4.47. The largest absolute Gasteiger partial charge is 0.481 e. The average Bonchev–Trinajstić information content (AvgIpc) is 2.72. The van der Waals surface area contributed by atoms with E-state index in [2.05, 4.69) is 15.2 Å². The van der Waals surface area contributed by atoms with Crippen molar-refractivity contribution in [3.8, 4) is 5.88 Å². The van der Waals surface area contributed by atoms with E-state index >= 15 is 0 Å². The van der Waals surface area contributed by atoms with Gasteiger partial charge < -0.3 is 15.0 Å². The summed E-state index contributed by atoms with van der Waals surface area (Å²) >= 11 is 0. The van der Waals surface area contributed by atoms with Crippen LogP contribution in [0, 0.1) is 0 Å². The zero-order chi connectivity index (χ0) is 11.8. The molecule has 2 aliphatic rings. The lowest BCUT2D eigenvalue weighted by atomic mass is 10.1. The Kier molecular flexibility index (Phi) is 2.39. The van der Waals surface area contributed by atoms with E-state index in [0.29, 0.717) is 12.3 Å². The Bertz CT molecular complexity index is 461. The van der Waals surface area contributed by atoms with Crippen LogP contribution in [-0.4, -0.2) is 30.6 Å². The number of fused-ring (bicyclic) bond motifs is 3. The molecule has 0 aliphatic carbocycles. The maximum Gasteiger partial charge on any atom is 0.226 e. The van der Waals surface area contributed by atoms with Crippen LogP contribution < -0.4 is 15.0 Å². The molecule has 5 nitrogen and oxygen atoms in total. The number of hydrogen-bond acceptors (Lipinski definition) is 4. The van der Waals surface area contributed by atoms with E-state index in [9.17, 15) is 4.79 Å². The molecule has 0 bridgehead atoms. The third kappa shape index (κ3) is 1.71. The monoisotopic (exact) mass is 233 g/mol. The summed E-state index contributed by atoms with van der Waals surface area (Å²) in [5.74, 6) is 1.51. The number of aromatic nitrogens is 1. The molecule has 2 aliphatic heterocycles. The highest BCUT2D eigenvalue weighted by Crippen LogP contribution is 2.35. The van der Waals surface area contributed by atoms with Gasteiger partial charge in [0, 0.05) is 25.1 Å². The Hall–Kier alpha value is -1.78. The maximum absolute atomic E-state index is 11.7. The molecule has 1 aromatic heterocycles. The number of nitrogens with zero attached hydrogens (tertiary/aromatic N) is 2. The number of amides is 1. The van der Waals surface area contributed by atoms with Crippen molar-refractivity contribution in [3.63, 3.8) is 0 Å². The van der Waals surface area contributed by atoms with Crippen molar-refractivity contribution in [2.24, 2.45) is 0 Å². The van der Waals surface area contributed by atoms with Gasteiger partial charge in [-0.2, -0.15) is 4.98 Å². The van der Waals surface area contributed by atoms with Crippen LogP contribution in [0.4, 0.5) is 11.5 Å². The fraction of sp³-hybridized carbons (Fsp3) is 0.500. The molecule has 90 valence electrons. The van der Waals surface area contributed by atoms with Crippen LogP contribution in [-0.2, 0) is 4.79 Å². The molecule has 3 heterocycles. The zero-order valence-electron chi connectivity index (χ0n) is 9.77. The number of anilines is 2. The summed E-state index contributed by atoms with van der Waals surface area (Å²) in [7, 11) is 1.60. The van der Waals surface area contributed by atoms with E-state index in [1.807, 2.05) is 6.07 Å². The zero-order valence-corrected chi connectivity index (χ0v) is 9.77. The summed E-state index contributed by atoms with van der Waals surface area (Å²) < 4.78 is 5.15. The Morgan fingerprint density at radius 1 is 1.53 bits per heavy atom. The van der Waals surface area contributed by atoms with Crippen LogP contribution in [0.5, 0.6) is 5.88 Å². The van der Waals surface area contributed by atoms with Crippen molar-refractivity contribution in [3.05, 3.63) is 12.1 Å². The lowest BCUT2D eigenvalue weighted by molar-refractivity contribution is -0.116. The Balaban J connectivity index is 2.07. The van der Waals surface area contributed by atoms with E-state index in [1.54, 1.807) is 13.2 Å². The van der Waals surface area contributed by atoms with Crippen LogP contribution in [0.2, 0.25) is 0 Å². The van der Waals surface area contributed by atoms with Gasteiger partial charge in [-0.3, -0.25) is 4.79 Å². The van der Waals surface area contributed by atoms with Gasteiger partial charge in [0.25, 0.3) is 0 Å². The molecule has 17 heavy (non-hydrogen) atoms. The summed E-state index contributed by atoms with van der Waals surface area (Å²) in [6.45, 7) is 0.965. The lowest BCUT2D eigenvalue weighted by Gasteiger charge is -2.23. The highest BCUT2D eigenvalue weighted by molar-refractivity contribution is 5.96. The van der Waals surface area contributed by atoms with Gasteiger partial charge in [-0.1, -0.05) is 0 Å². The number of hydrogen-bond donors (Lipinski definition) is 1. The second kappa shape index (κ2) is 3.91. The standard InChI is InChI=1S/C12H15N3O2/c1-17-11-5-4-9-12(14-11)15-6-2-3-8(15)7-10(16)13-9/h4-5,8H,2-3,6-7H2,1H3,(H,13,16). The molecule has 0 radical (unpaired) electrons. The van der Waals surface area contributed by atoms with Gasteiger partial charge in [-0.15, -0.1) is 0 Å². The van der Waals surface area contributed by atoms with E-state index in [4.69, 9.17) is 4.74 Å². The van der Waals surface area contributed by atoms with Gasteiger partial charge in [-0.25, -0.2) is 0 Å². The molecule has 1 aromatic rings. The maximum atomic E-state index is 11.7. The molecule has 1 saturated heterocycles. The summed E-state index contributed by atoms with van der Waals surface area (Å²) in [6.07, 6.45) is 2.74. The third-order valence-corrected chi connectivity index (χ3v) is 3.40. The minimum absolute atomic E-state index is 0.0765. The number of carbonyl (C=O) groups is 1. The number of nitrogens with one attached hydrogen (secondary N) is 1. The molecular formula is C12H15N3O2. The van der Waals surface area contributed by atoms with Crippen LogP contribution in [0.3, 0.4) is 0 Å². The number of pyridine rings is 1. The lowest BCUT2D eigenvalue weighted by Crippen LogP contribution is -2.30. The highest BCUT2D eigenvalue weighted by atomic mass is 16.5. The number of rotatable bonds is 1.